The van der Waals surface area contributed by atoms with Crippen molar-refractivity contribution in [1.82, 2.24) is 15.1 Å². The summed E-state index contributed by atoms with van der Waals surface area (Å²) in [5.41, 5.74) is -1.88. The Morgan fingerprint density at radius 1 is 1.16 bits per heavy atom. The molecule has 0 aromatic rings. The van der Waals surface area contributed by atoms with Crippen molar-refractivity contribution >= 4 is 12.0 Å². The molecule has 2 bridgehead atoms. The lowest BCUT2D eigenvalue weighted by Gasteiger charge is -2.38. The number of hydrogen-bond acceptors (Lipinski definition) is 7. The monoisotopic (exact) mass is 439 g/mol. The molecular formula is C22H37N3O6. The summed E-state index contributed by atoms with van der Waals surface area (Å²) in [4.78, 5) is 29.3. The number of hydrogen-bond donors (Lipinski definition) is 2. The number of carbonyl (C=O) groups is 2. The number of ether oxygens (including phenoxy) is 3. The highest BCUT2D eigenvalue weighted by Gasteiger charge is 2.54. The summed E-state index contributed by atoms with van der Waals surface area (Å²) in [5.74, 6) is -0.191. The zero-order valence-corrected chi connectivity index (χ0v) is 19.1. The minimum absolute atomic E-state index is 0.00806. The van der Waals surface area contributed by atoms with E-state index in [1.807, 2.05) is 20.8 Å². The molecule has 4 rings (SSSR count). The van der Waals surface area contributed by atoms with Crippen molar-refractivity contribution in [1.29, 1.82) is 0 Å². The molecule has 1 saturated carbocycles. The van der Waals surface area contributed by atoms with Crippen LogP contribution in [0.3, 0.4) is 0 Å². The highest BCUT2D eigenvalue weighted by Crippen LogP contribution is 2.38. The van der Waals surface area contributed by atoms with E-state index in [-0.39, 0.29) is 42.3 Å². The number of piperazine rings is 1. The predicted molar refractivity (Wildman–Crippen MR) is 113 cm³/mol. The average molecular weight is 440 g/mol. The highest BCUT2D eigenvalue weighted by atomic mass is 16.6. The Hall–Kier alpha value is -1.42. The molecule has 6 atom stereocenters. The number of amides is 2. The van der Waals surface area contributed by atoms with Crippen LogP contribution in [0.5, 0.6) is 0 Å². The Labute approximate surface area is 184 Å². The molecule has 2 N–H and O–H groups in total. The lowest BCUT2D eigenvalue weighted by atomic mass is 9.98. The molecule has 9 heteroatoms. The van der Waals surface area contributed by atoms with Gasteiger partial charge in [0.25, 0.3) is 5.91 Å². The van der Waals surface area contributed by atoms with E-state index < -0.39 is 11.2 Å². The molecule has 1 aliphatic carbocycles. The Morgan fingerprint density at radius 2 is 1.87 bits per heavy atom. The molecule has 0 spiro atoms. The first-order chi connectivity index (χ1) is 14.6. The molecular weight excluding hydrogens is 402 g/mol. The molecule has 0 radical (unpaired) electrons. The maximum absolute atomic E-state index is 13.3. The maximum atomic E-state index is 13.3. The van der Waals surface area contributed by atoms with Crippen molar-refractivity contribution in [2.24, 2.45) is 0 Å². The summed E-state index contributed by atoms with van der Waals surface area (Å²) in [6.07, 6.45) is 2.89. The average Bonchev–Trinajstić information content (AvgIpc) is 3.41. The van der Waals surface area contributed by atoms with Crippen LogP contribution in [-0.2, 0) is 19.0 Å². The Bertz CT molecular complexity index is 697. The van der Waals surface area contributed by atoms with Gasteiger partial charge in [-0.15, -0.1) is 0 Å². The lowest BCUT2D eigenvalue weighted by Crippen LogP contribution is -2.57. The van der Waals surface area contributed by atoms with Gasteiger partial charge in [0, 0.05) is 45.3 Å². The van der Waals surface area contributed by atoms with Crippen LogP contribution < -0.4 is 5.32 Å². The quantitative estimate of drug-likeness (QED) is 0.671. The molecule has 3 aliphatic heterocycles. The van der Waals surface area contributed by atoms with Crippen molar-refractivity contribution in [2.75, 3.05) is 33.4 Å². The fraction of sp³-hybridized carbons (Fsp3) is 0.909. The van der Waals surface area contributed by atoms with Crippen molar-refractivity contribution in [2.45, 2.75) is 94.3 Å². The molecule has 0 unspecified atom stereocenters. The summed E-state index contributed by atoms with van der Waals surface area (Å²) in [7, 11) is 1.69. The molecule has 0 aromatic heterocycles. The van der Waals surface area contributed by atoms with Gasteiger partial charge < -0.3 is 34.4 Å². The van der Waals surface area contributed by atoms with Crippen molar-refractivity contribution < 1.29 is 28.9 Å². The summed E-state index contributed by atoms with van der Waals surface area (Å²) < 4.78 is 16.5. The number of nitrogens with one attached hydrogen (secondary N) is 1. The van der Waals surface area contributed by atoms with Gasteiger partial charge in [0.1, 0.15) is 11.2 Å². The van der Waals surface area contributed by atoms with E-state index in [0.29, 0.717) is 39.1 Å². The van der Waals surface area contributed by atoms with Crippen LogP contribution in [0.1, 0.15) is 52.9 Å². The highest BCUT2D eigenvalue weighted by molar-refractivity contribution is 5.86. The third-order valence-corrected chi connectivity index (χ3v) is 7.07. The van der Waals surface area contributed by atoms with E-state index in [2.05, 4.69) is 5.32 Å². The molecule has 3 saturated heterocycles. The van der Waals surface area contributed by atoms with Gasteiger partial charge in [-0.2, -0.15) is 0 Å². The number of methoxy groups -OCH3 is 1. The van der Waals surface area contributed by atoms with Gasteiger partial charge in [0.15, 0.2) is 0 Å². The van der Waals surface area contributed by atoms with Crippen LogP contribution in [0.4, 0.5) is 4.79 Å². The van der Waals surface area contributed by atoms with Crippen LogP contribution in [-0.4, -0.2) is 102 Å². The standard InChI is InChI=1S/C22H37N3O6/c1-21(2,3)31-20(27)25-12-15-9-16(25)11-24(15)19(26)22(28)7-5-14(10-22)23-17-6-8-30-13-18(17)29-4/h14-18,23,28H,5-13H2,1-4H3/t14-,15+,16+,17+,18-,22-/m1/s1. The van der Waals surface area contributed by atoms with E-state index in [4.69, 9.17) is 14.2 Å². The van der Waals surface area contributed by atoms with Gasteiger partial charge in [-0.3, -0.25) is 4.79 Å². The minimum Gasteiger partial charge on any atom is -0.444 e. The maximum Gasteiger partial charge on any atom is 0.410 e. The number of fused-ring (bicyclic) bond motifs is 2. The zero-order valence-electron chi connectivity index (χ0n) is 19.1. The first-order valence-electron chi connectivity index (χ1n) is 11.5. The normalized spacial score (nSPS) is 38.0. The van der Waals surface area contributed by atoms with Crippen LogP contribution in [0.15, 0.2) is 0 Å². The van der Waals surface area contributed by atoms with E-state index in [9.17, 15) is 14.7 Å². The molecule has 31 heavy (non-hydrogen) atoms. The lowest BCUT2D eigenvalue weighted by molar-refractivity contribution is -0.153. The Morgan fingerprint density at radius 3 is 2.52 bits per heavy atom. The smallest absolute Gasteiger partial charge is 0.410 e. The van der Waals surface area contributed by atoms with E-state index >= 15 is 0 Å². The SMILES string of the molecule is CO[C@@H]1COCC[C@@H]1N[C@@H]1CC[C@](O)(C(=O)N2C[C@@H]3C[C@H]2CN3C(=O)OC(C)(C)C)C1. The van der Waals surface area contributed by atoms with Gasteiger partial charge >= 0.3 is 6.09 Å². The first-order valence-corrected chi connectivity index (χ1v) is 11.5. The van der Waals surface area contributed by atoms with Crippen molar-refractivity contribution in [3.8, 4) is 0 Å². The number of aliphatic hydroxyl groups is 1. The number of carbonyl (C=O) groups excluding carboxylic acids is 2. The zero-order chi connectivity index (χ0) is 22.4. The molecule has 2 amide bonds. The topological polar surface area (TPSA) is 101 Å². The second-order valence-corrected chi connectivity index (χ2v) is 10.5. The fourth-order valence-corrected chi connectivity index (χ4v) is 5.53. The van der Waals surface area contributed by atoms with Gasteiger partial charge in [-0.05, 0) is 46.5 Å². The third-order valence-electron chi connectivity index (χ3n) is 7.07. The number of nitrogens with zero attached hydrogens (tertiary/aromatic N) is 2. The molecule has 9 nitrogen and oxygen atoms in total. The van der Waals surface area contributed by atoms with E-state index in [1.165, 1.54) is 0 Å². The van der Waals surface area contributed by atoms with Gasteiger partial charge in [-0.25, -0.2) is 4.79 Å². The molecule has 3 heterocycles. The largest absolute Gasteiger partial charge is 0.444 e. The minimum atomic E-state index is -1.34. The predicted octanol–water partition coefficient (Wildman–Crippen LogP) is 0.884. The summed E-state index contributed by atoms with van der Waals surface area (Å²) in [6.45, 7) is 7.75. The van der Waals surface area contributed by atoms with E-state index in [0.717, 1.165) is 19.3 Å². The van der Waals surface area contributed by atoms with Gasteiger partial charge in [0.05, 0.1) is 24.8 Å². The molecule has 4 aliphatic rings. The fourth-order valence-electron chi connectivity index (χ4n) is 5.53. The third kappa shape index (κ3) is 4.69. The summed E-state index contributed by atoms with van der Waals surface area (Å²) >= 11 is 0. The number of rotatable bonds is 4. The Balaban J connectivity index is 1.32. The van der Waals surface area contributed by atoms with Crippen LogP contribution in [0, 0.1) is 0 Å². The summed E-state index contributed by atoms with van der Waals surface area (Å²) in [6, 6.07) is 0.168. The molecule has 176 valence electrons. The summed E-state index contributed by atoms with van der Waals surface area (Å²) in [5, 5.41) is 14.8. The van der Waals surface area contributed by atoms with Crippen LogP contribution in [0.25, 0.3) is 0 Å². The second-order valence-electron chi connectivity index (χ2n) is 10.5. The molecule has 4 fully saturated rings. The van der Waals surface area contributed by atoms with Crippen LogP contribution in [0.2, 0.25) is 0 Å². The second kappa shape index (κ2) is 8.50. The van der Waals surface area contributed by atoms with Crippen LogP contribution >= 0.6 is 0 Å². The first kappa shape index (κ1) is 22.8. The van der Waals surface area contributed by atoms with E-state index in [1.54, 1.807) is 16.9 Å². The Kier molecular flexibility index (Phi) is 6.24. The number of likely N-dealkylation sites (tertiary alicyclic amines) is 2. The van der Waals surface area contributed by atoms with Crippen molar-refractivity contribution in [3.63, 3.8) is 0 Å². The molecule has 0 aromatic carbocycles. The van der Waals surface area contributed by atoms with Gasteiger partial charge in [-0.1, -0.05) is 0 Å². The van der Waals surface area contributed by atoms with Crippen molar-refractivity contribution in [3.05, 3.63) is 0 Å². The van der Waals surface area contributed by atoms with Gasteiger partial charge in [0.2, 0.25) is 0 Å².